The Morgan fingerprint density at radius 2 is 2.00 bits per heavy atom. The lowest BCUT2D eigenvalue weighted by Gasteiger charge is -2.20. The van der Waals surface area contributed by atoms with Crippen molar-refractivity contribution >= 4 is 0 Å². The van der Waals surface area contributed by atoms with E-state index in [1.54, 1.807) is 6.07 Å². The predicted molar refractivity (Wildman–Crippen MR) is 67.8 cm³/mol. The van der Waals surface area contributed by atoms with Crippen LogP contribution in [0.2, 0.25) is 0 Å². The number of benzene rings is 1. The quantitative estimate of drug-likeness (QED) is 0.861. The van der Waals surface area contributed by atoms with Crippen LogP contribution in [0.25, 0.3) is 0 Å². The molecule has 2 rings (SSSR count). The molecule has 1 aliphatic rings. The molecule has 0 aromatic heterocycles. The maximum atomic E-state index is 13.2. The van der Waals surface area contributed by atoms with Gasteiger partial charge in [0.05, 0.1) is 13.2 Å². The van der Waals surface area contributed by atoms with Crippen molar-refractivity contribution in [3.8, 4) is 0 Å². The minimum atomic E-state index is -0.814. The van der Waals surface area contributed by atoms with Crippen LogP contribution >= 0.6 is 0 Å². The van der Waals surface area contributed by atoms with E-state index in [4.69, 9.17) is 9.47 Å². The Hall–Kier alpha value is -1.04. The highest BCUT2D eigenvalue weighted by Gasteiger charge is 2.21. The molecule has 1 N–H and O–H groups in total. The van der Waals surface area contributed by atoms with E-state index in [0.29, 0.717) is 26.1 Å². The molecule has 1 aliphatic heterocycles. The highest BCUT2D eigenvalue weighted by Crippen LogP contribution is 2.16. The third-order valence-electron chi connectivity index (χ3n) is 3.13. The number of hydrogen-bond acceptors (Lipinski definition) is 3. The summed E-state index contributed by atoms with van der Waals surface area (Å²) in [6, 6.07) is 4.14. The first kappa shape index (κ1) is 14.4. The fourth-order valence-electron chi connectivity index (χ4n) is 2.25. The molecule has 0 saturated carbocycles. The minimum Gasteiger partial charge on any atom is -0.350 e. The van der Waals surface area contributed by atoms with Crippen LogP contribution in [0.1, 0.15) is 18.9 Å². The van der Waals surface area contributed by atoms with E-state index in [1.807, 2.05) is 6.92 Å². The summed E-state index contributed by atoms with van der Waals surface area (Å²) >= 11 is 0. The summed E-state index contributed by atoms with van der Waals surface area (Å²) in [7, 11) is 0. The molecule has 0 amide bonds. The molecular weight excluding hydrogens is 252 g/mol. The van der Waals surface area contributed by atoms with Crippen LogP contribution in [0, 0.1) is 11.6 Å². The van der Waals surface area contributed by atoms with Gasteiger partial charge in [-0.05, 0) is 30.7 Å². The third-order valence-corrected chi connectivity index (χ3v) is 3.13. The van der Waals surface area contributed by atoms with Gasteiger partial charge in [-0.1, -0.05) is 13.0 Å². The zero-order chi connectivity index (χ0) is 13.7. The summed E-state index contributed by atoms with van der Waals surface area (Å²) in [5, 5.41) is 3.32. The molecule has 1 aromatic carbocycles. The van der Waals surface area contributed by atoms with Gasteiger partial charge < -0.3 is 14.8 Å². The van der Waals surface area contributed by atoms with Crippen molar-refractivity contribution in [2.75, 3.05) is 19.8 Å². The standard InChI is InChI=1S/C14H19F2NO2/c1-2-17-11(9-14-18-5-6-19-14)7-10-3-4-12(15)13(16)8-10/h3-4,8,11,14,17H,2,5-7,9H2,1H3. The van der Waals surface area contributed by atoms with Gasteiger partial charge in [-0.25, -0.2) is 8.78 Å². The Labute approximate surface area is 111 Å². The summed E-state index contributed by atoms with van der Waals surface area (Å²) in [6.45, 7) is 4.05. The molecule has 5 heteroatoms. The molecule has 0 bridgehead atoms. The molecule has 106 valence electrons. The van der Waals surface area contributed by atoms with Crippen LogP contribution in [0.3, 0.4) is 0 Å². The molecule has 19 heavy (non-hydrogen) atoms. The highest BCUT2D eigenvalue weighted by atomic mass is 19.2. The average Bonchev–Trinajstić information content (AvgIpc) is 2.87. The van der Waals surface area contributed by atoms with Crippen LogP contribution in [-0.4, -0.2) is 32.1 Å². The molecule has 1 atom stereocenters. The molecule has 0 aliphatic carbocycles. The molecule has 1 heterocycles. The van der Waals surface area contributed by atoms with Gasteiger partial charge in [-0.2, -0.15) is 0 Å². The maximum absolute atomic E-state index is 13.2. The molecule has 1 saturated heterocycles. The summed E-state index contributed by atoms with van der Waals surface area (Å²) in [6.07, 6.45) is 1.12. The van der Waals surface area contributed by atoms with Crippen LogP contribution < -0.4 is 5.32 Å². The van der Waals surface area contributed by atoms with Crippen LogP contribution in [-0.2, 0) is 15.9 Å². The van der Waals surface area contributed by atoms with Gasteiger partial charge >= 0.3 is 0 Å². The molecule has 0 spiro atoms. The van der Waals surface area contributed by atoms with Crippen molar-refractivity contribution < 1.29 is 18.3 Å². The predicted octanol–water partition coefficient (Wildman–Crippen LogP) is 2.25. The maximum Gasteiger partial charge on any atom is 0.159 e. The Morgan fingerprint density at radius 1 is 1.26 bits per heavy atom. The van der Waals surface area contributed by atoms with Gasteiger partial charge in [0.1, 0.15) is 0 Å². The van der Waals surface area contributed by atoms with Crippen molar-refractivity contribution in [3.63, 3.8) is 0 Å². The number of likely N-dealkylation sites (N-methyl/N-ethyl adjacent to an activating group) is 1. The number of ether oxygens (including phenoxy) is 2. The molecule has 1 aromatic rings. The van der Waals surface area contributed by atoms with Gasteiger partial charge in [-0.3, -0.25) is 0 Å². The zero-order valence-corrected chi connectivity index (χ0v) is 11.0. The summed E-state index contributed by atoms with van der Waals surface area (Å²) < 4.78 is 36.9. The van der Waals surface area contributed by atoms with E-state index in [2.05, 4.69) is 5.32 Å². The normalized spacial score (nSPS) is 17.8. The van der Waals surface area contributed by atoms with Crippen LogP contribution in [0.15, 0.2) is 18.2 Å². The third kappa shape index (κ3) is 4.23. The lowest BCUT2D eigenvalue weighted by molar-refractivity contribution is -0.0525. The lowest BCUT2D eigenvalue weighted by Crippen LogP contribution is -2.34. The SMILES string of the molecule is CCNC(Cc1ccc(F)c(F)c1)CC1OCCO1. The molecular formula is C14H19F2NO2. The van der Waals surface area contributed by atoms with E-state index in [0.717, 1.165) is 18.2 Å². The topological polar surface area (TPSA) is 30.5 Å². The largest absolute Gasteiger partial charge is 0.350 e. The van der Waals surface area contributed by atoms with Crippen molar-refractivity contribution in [2.45, 2.75) is 32.1 Å². The van der Waals surface area contributed by atoms with Crippen molar-refractivity contribution in [1.29, 1.82) is 0 Å². The number of rotatable bonds is 6. The zero-order valence-electron chi connectivity index (χ0n) is 11.0. The van der Waals surface area contributed by atoms with Crippen molar-refractivity contribution in [3.05, 3.63) is 35.4 Å². The van der Waals surface area contributed by atoms with Crippen molar-refractivity contribution in [1.82, 2.24) is 5.32 Å². The second-order valence-electron chi connectivity index (χ2n) is 4.61. The van der Waals surface area contributed by atoms with Gasteiger partial charge in [0.25, 0.3) is 0 Å². The monoisotopic (exact) mass is 271 g/mol. The number of nitrogens with one attached hydrogen (secondary N) is 1. The van der Waals surface area contributed by atoms with Gasteiger partial charge in [0, 0.05) is 12.5 Å². The van der Waals surface area contributed by atoms with Gasteiger partial charge in [-0.15, -0.1) is 0 Å². The van der Waals surface area contributed by atoms with E-state index >= 15 is 0 Å². The van der Waals surface area contributed by atoms with Crippen molar-refractivity contribution in [2.24, 2.45) is 0 Å². The number of hydrogen-bond donors (Lipinski definition) is 1. The second-order valence-corrected chi connectivity index (χ2v) is 4.61. The fourth-order valence-corrected chi connectivity index (χ4v) is 2.25. The van der Waals surface area contributed by atoms with Crippen LogP contribution in [0.5, 0.6) is 0 Å². The van der Waals surface area contributed by atoms with Gasteiger partial charge in [0.15, 0.2) is 17.9 Å². The molecule has 1 fully saturated rings. The first-order chi connectivity index (χ1) is 9.19. The summed E-state index contributed by atoms with van der Waals surface area (Å²) in [5.41, 5.74) is 0.767. The molecule has 1 unspecified atom stereocenters. The smallest absolute Gasteiger partial charge is 0.159 e. The van der Waals surface area contributed by atoms with E-state index in [-0.39, 0.29) is 12.3 Å². The minimum absolute atomic E-state index is 0.123. The fraction of sp³-hybridized carbons (Fsp3) is 0.571. The average molecular weight is 271 g/mol. The van der Waals surface area contributed by atoms with E-state index in [9.17, 15) is 8.78 Å². The first-order valence-electron chi connectivity index (χ1n) is 6.59. The first-order valence-corrected chi connectivity index (χ1v) is 6.59. The second kappa shape index (κ2) is 6.93. The summed E-state index contributed by atoms with van der Waals surface area (Å²) in [4.78, 5) is 0. The molecule has 0 radical (unpaired) electrons. The Bertz CT molecular complexity index is 408. The lowest BCUT2D eigenvalue weighted by atomic mass is 10.0. The Kier molecular flexibility index (Phi) is 5.24. The Balaban J connectivity index is 1.96. The van der Waals surface area contributed by atoms with E-state index in [1.165, 1.54) is 6.07 Å². The van der Waals surface area contributed by atoms with E-state index < -0.39 is 11.6 Å². The molecule has 3 nitrogen and oxygen atoms in total. The van der Waals surface area contributed by atoms with Gasteiger partial charge in [0.2, 0.25) is 0 Å². The summed E-state index contributed by atoms with van der Waals surface area (Å²) in [5.74, 6) is -1.62. The van der Waals surface area contributed by atoms with Crippen LogP contribution in [0.4, 0.5) is 8.78 Å². The highest BCUT2D eigenvalue weighted by molar-refractivity contribution is 5.18. The number of halogens is 2. The Morgan fingerprint density at radius 3 is 2.63 bits per heavy atom.